The van der Waals surface area contributed by atoms with Crippen LogP contribution >= 0.6 is 0 Å². The summed E-state index contributed by atoms with van der Waals surface area (Å²) in [4.78, 5) is 0. The molecule has 5 nitrogen and oxygen atoms in total. The number of aliphatic hydroxyl groups is 1. The van der Waals surface area contributed by atoms with Crippen molar-refractivity contribution in [1.82, 2.24) is 9.03 Å². The summed E-state index contributed by atoms with van der Waals surface area (Å²) in [5, 5.41) is 9.03. The molecule has 0 unspecified atom stereocenters. The lowest BCUT2D eigenvalue weighted by atomic mass is 9.93. The van der Waals surface area contributed by atoms with Gasteiger partial charge in [0.2, 0.25) is 0 Å². The van der Waals surface area contributed by atoms with Crippen LogP contribution in [0.25, 0.3) is 0 Å². The van der Waals surface area contributed by atoms with Crippen LogP contribution in [0.1, 0.15) is 40.0 Å². The molecule has 0 atom stereocenters. The number of piperidine rings is 1. The number of hydrogen-bond acceptors (Lipinski definition) is 3. The van der Waals surface area contributed by atoms with Crippen molar-refractivity contribution in [2.45, 2.75) is 40.0 Å². The topological polar surface area (TPSA) is 69.6 Å². The van der Waals surface area contributed by atoms with Crippen LogP contribution in [-0.4, -0.2) is 44.1 Å². The molecular weight excluding hydrogens is 252 g/mol. The van der Waals surface area contributed by atoms with E-state index in [1.54, 1.807) is 0 Å². The third-order valence-corrected chi connectivity index (χ3v) is 4.94. The molecule has 1 rings (SSSR count). The van der Waals surface area contributed by atoms with Crippen LogP contribution in [0.2, 0.25) is 0 Å². The Morgan fingerprint density at radius 1 is 1.28 bits per heavy atom. The highest BCUT2D eigenvalue weighted by molar-refractivity contribution is 7.87. The van der Waals surface area contributed by atoms with Crippen molar-refractivity contribution in [2.24, 2.45) is 11.3 Å². The van der Waals surface area contributed by atoms with Gasteiger partial charge in [-0.3, -0.25) is 0 Å². The standard InChI is InChI=1S/C12H26N2O3S/c1-12(2,3)6-7-13-18(16,17)14-8-4-11(10-15)5-9-14/h11,13,15H,4-10H2,1-3H3. The normalized spacial score (nSPS) is 20.2. The molecule has 6 heteroatoms. The lowest BCUT2D eigenvalue weighted by Crippen LogP contribution is -2.45. The Hall–Kier alpha value is -0.170. The fourth-order valence-corrected chi connectivity index (χ4v) is 3.21. The molecule has 1 saturated heterocycles. The molecule has 0 saturated carbocycles. The maximum absolute atomic E-state index is 12.0. The van der Waals surface area contributed by atoms with Crippen molar-refractivity contribution in [3.63, 3.8) is 0 Å². The Labute approximate surface area is 111 Å². The van der Waals surface area contributed by atoms with E-state index >= 15 is 0 Å². The quantitative estimate of drug-likeness (QED) is 0.787. The van der Waals surface area contributed by atoms with Gasteiger partial charge in [0.05, 0.1) is 0 Å². The molecule has 1 aliphatic heterocycles. The first kappa shape index (κ1) is 15.9. The van der Waals surface area contributed by atoms with Gasteiger partial charge in [-0.2, -0.15) is 12.7 Å². The Bertz CT molecular complexity index is 341. The molecular formula is C12H26N2O3S. The highest BCUT2D eigenvalue weighted by atomic mass is 32.2. The first-order valence-corrected chi connectivity index (χ1v) is 8.04. The largest absolute Gasteiger partial charge is 0.396 e. The van der Waals surface area contributed by atoms with E-state index < -0.39 is 10.2 Å². The molecule has 0 spiro atoms. The molecule has 1 aliphatic rings. The van der Waals surface area contributed by atoms with Crippen LogP contribution in [0.4, 0.5) is 0 Å². The summed E-state index contributed by atoms with van der Waals surface area (Å²) in [5.74, 6) is 0.256. The van der Waals surface area contributed by atoms with Crippen molar-refractivity contribution < 1.29 is 13.5 Å². The van der Waals surface area contributed by atoms with Gasteiger partial charge in [0.1, 0.15) is 0 Å². The van der Waals surface area contributed by atoms with Crippen LogP contribution in [0.3, 0.4) is 0 Å². The maximum atomic E-state index is 12.0. The minimum absolute atomic E-state index is 0.131. The molecule has 1 heterocycles. The van der Waals surface area contributed by atoms with E-state index in [2.05, 4.69) is 25.5 Å². The lowest BCUT2D eigenvalue weighted by molar-refractivity contribution is 0.169. The summed E-state index contributed by atoms with van der Waals surface area (Å²) in [5.41, 5.74) is 0.131. The summed E-state index contributed by atoms with van der Waals surface area (Å²) in [6, 6.07) is 0. The zero-order valence-corrected chi connectivity index (χ0v) is 12.5. The molecule has 0 bridgehead atoms. The second kappa shape index (κ2) is 6.32. The van der Waals surface area contributed by atoms with Gasteiger partial charge in [-0.25, -0.2) is 4.72 Å². The van der Waals surface area contributed by atoms with Gasteiger partial charge in [0.15, 0.2) is 0 Å². The average molecular weight is 278 g/mol. The Morgan fingerprint density at radius 3 is 2.28 bits per heavy atom. The van der Waals surface area contributed by atoms with Crippen LogP contribution in [0.5, 0.6) is 0 Å². The molecule has 0 aliphatic carbocycles. The fourth-order valence-electron chi connectivity index (χ4n) is 1.98. The first-order valence-electron chi connectivity index (χ1n) is 6.60. The molecule has 2 N–H and O–H groups in total. The van der Waals surface area contributed by atoms with Crippen molar-refractivity contribution >= 4 is 10.2 Å². The van der Waals surface area contributed by atoms with Gasteiger partial charge < -0.3 is 5.11 Å². The van der Waals surface area contributed by atoms with Gasteiger partial charge >= 0.3 is 0 Å². The number of nitrogens with zero attached hydrogens (tertiary/aromatic N) is 1. The van der Waals surface area contributed by atoms with Crippen molar-refractivity contribution in [2.75, 3.05) is 26.2 Å². The maximum Gasteiger partial charge on any atom is 0.279 e. The summed E-state index contributed by atoms with van der Waals surface area (Å²) in [7, 11) is -3.34. The van der Waals surface area contributed by atoms with Crippen molar-refractivity contribution in [3.8, 4) is 0 Å². The summed E-state index contributed by atoms with van der Waals surface area (Å²) < 4.78 is 28.2. The summed E-state index contributed by atoms with van der Waals surface area (Å²) in [6.45, 7) is 7.93. The van der Waals surface area contributed by atoms with E-state index in [-0.39, 0.29) is 17.9 Å². The zero-order valence-electron chi connectivity index (χ0n) is 11.6. The molecule has 0 radical (unpaired) electrons. The highest BCUT2D eigenvalue weighted by Crippen LogP contribution is 2.20. The minimum Gasteiger partial charge on any atom is -0.396 e. The summed E-state index contributed by atoms with van der Waals surface area (Å²) >= 11 is 0. The van der Waals surface area contributed by atoms with Crippen molar-refractivity contribution in [3.05, 3.63) is 0 Å². The monoisotopic (exact) mass is 278 g/mol. The lowest BCUT2D eigenvalue weighted by Gasteiger charge is -2.30. The van der Waals surface area contributed by atoms with Gasteiger partial charge in [0, 0.05) is 26.2 Å². The predicted octanol–water partition coefficient (Wildman–Crippen LogP) is 0.961. The van der Waals surface area contributed by atoms with Crippen LogP contribution in [-0.2, 0) is 10.2 Å². The van der Waals surface area contributed by atoms with E-state index in [0.717, 1.165) is 19.3 Å². The van der Waals surface area contributed by atoms with E-state index in [4.69, 9.17) is 5.11 Å². The zero-order chi connectivity index (χ0) is 13.8. The average Bonchev–Trinajstić information content (AvgIpc) is 2.27. The predicted molar refractivity (Wildman–Crippen MR) is 72.4 cm³/mol. The number of rotatable bonds is 5. The Morgan fingerprint density at radius 2 is 1.83 bits per heavy atom. The molecule has 0 aromatic rings. The second-order valence-electron chi connectivity index (χ2n) is 6.24. The number of nitrogens with one attached hydrogen (secondary N) is 1. The van der Waals surface area contributed by atoms with Gasteiger partial charge in [-0.15, -0.1) is 0 Å². The van der Waals surface area contributed by atoms with E-state index in [9.17, 15) is 8.42 Å². The van der Waals surface area contributed by atoms with E-state index in [1.807, 2.05) is 0 Å². The highest BCUT2D eigenvalue weighted by Gasteiger charge is 2.27. The van der Waals surface area contributed by atoms with E-state index in [1.165, 1.54) is 4.31 Å². The van der Waals surface area contributed by atoms with Crippen molar-refractivity contribution in [1.29, 1.82) is 0 Å². The van der Waals surface area contributed by atoms with Gasteiger partial charge in [0.25, 0.3) is 10.2 Å². The second-order valence-corrected chi connectivity index (χ2v) is 7.99. The SMILES string of the molecule is CC(C)(C)CCNS(=O)(=O)N1CCC(CO)CC1. The fraction of sp³-hybridized carbons (Fsp3) is 1.00. The molecule has 18 heavy (non-hydrogen) atoms. The third-order valence-electron chi connectivity index (χ3n) is 3.33. The minimum atomic E-state index is -3.34. The number of aliphatic hydroxyl groups excluding tert-OH is 1. The van der Waals surface area contributed by atoms with Crippen LogP contribution in [0, 0.1) is 11.3 Å². The van der Waals surface area contributed by atoms with E-state index in [0.29, 0.717) is 19.6 Å². The van der Waals surface area contributed by atoms with Gasteiger partial charge in [-0.1, -0.05) is 20.8 Å². The number of hydrogen-bond donors (Lipinski definition) is 2. The van der Waals surface area contributed by atoms with Crippen LogP contribution < -0.4 is 4.72 Å². The molecule has 0 aromatic heterocycles. The molecule has 0 aromatic carbocycles. The molecule has 1 fully saturated rings. The summed E-state index contributed by atoms with van der Waals surface area (Å²) in [6.07, 6.45) is 2.31. The van der Waals surface area contributed by atoms with Gasteiger partial charge in [-0.05, 0) is 30.6 Å². The Balaban J connectivity index is 2.40. The van der Waals surface area contributed by atoms with Crippen LogP contribution in [0.15, 0.2) is 0 Å². The Kier molecular flexibility index (Phi) is 5.58. The first-order chi connectivity index (χ1) is 8.24. The smallest absolute Gasteiger partial charge is 0.279 e. The third kappa shape index (κ3) is 5.22. The molecule has 108 valence electrons. The molecule has 0 amide bonds.